The minimum atomic E-state index is -0.383. The Morgan fingerprint density at radius 2 is 2.08 bits per heavy atom. The molecule has 0 spiro atoms. The Kier molecular flexibility index (Phi) is 7.43. The van der Waals surface area contributed by atoms with Crippen molar-refractivity contribution in [2.24, 2.45) is 0 Å². The van der Waals surface area contributed by atoms with Gasteiger partial charge < -0.3 is 15.5 Å². The van der Waals surface area contributed by atoms with Crippen molar-refractivity contribution in [2.75, 3.05) is 32.5 Å². The fourth-order valence-corrected chi connectivity index (χ4v) is 2.78. The molecule has 0 aliphatic rings. The van der Waals surface area contributed by atoms with E-state index < -0.39 is 0 Å². The second-order valence-electron chi connectivity index (χ2n) is 5.76. The topological polar surface area (TPSA) is 45.1 Å². The van der Waals surface area contributed by atoms with Gasteiger partial charge in [0.25, 0.3) is 0 Å². The van der Waals surface area contributed by atoms with Gasteiger partial charge in [0.15, 0.2) is 10.9 Å². The van der Waals surface area contributed by atoms with Gasteiger partial charge in [0.05, 0.1) is 6.54 Å². The highest BCUT2D eigenvalue weighted by Crippen LogP contribution is 2.23. The van der Waals surface area contributed by atoms with Crippen molar-refractivity contribution in [2.45, 2.75) is 13.0 Å². The van der Waals surface area contributed by atoms with E-state index in [-0.39, 0.29) is 12.4 Å². The molecule has 0 fully saturated rings. The molecule has 136 valence electrons. The molecule has 2 rings (SSSR count). The van der Waals surface area contributed by atoms with Crippen molar-refractivity contribution in [1.82, 2.24) is 20.0 Å². The van der Waals surface area contributed by atoms with Gasteiger partial charge in [0.1, 0.15) is 10.8 Å². The molecule has 1 aromatic heterocycles. The number of hydrogen-bond acceptors (Lipinski definition) is 3. The Morgan fingerprint density at radius 3 is 2.76 bits per heavy atom. The Morgan fingerprint density at radius 1 is 1.32 bits per heavy atom. The molecule has 1 aromatic carbocycles. The third-order valence-electron chi connectivity index (χ3n) is 3.40. The predicted octanol–water partition coefficient (Wildman–Crippen LogP) is 3.62. The molecule has 0 aliphatic heterocycles. The number of nitrogens with one attached hydrogen (secondary N) is 2. The van der Waals surface area contributed by atoms with E-state index >= 15 is 0 Å². The van der Waals surface area contributed by atoms with E-state index in [9.17, 15) is 4.39 Å². The predicted molar refractivity (Wildman–Crippen MR) is 105 cm³/mol. The van der Waals surface area contributed by atoms with E-state index in [0.717, 1.165) is 19.5 Å². The maximum atomic E-state index is 13.9. The van der Waals surface area contributed by atoms with E-state index in [1.807, 2.05) is 14.1 Å². The quantitative estimate of drug-likeness (QED) is 0.545. The van der Waals surface area contributed by atoms with Crippen LogP contribution in [-0.4, -0.2) is 47.0 Å². The molecule has 2 N–H and O–H groups in total. The summed E-state index contributed by atoms with van der Waals surface area (Å²) < 4.78 is 15.4. The second-order valence-corrected chi connectivity index (χ2v) is 6.98. The van der Waals surface area contributed by atoms with Crippen LogP contribution in [0.5, 0.6) is 0 Å². The molecule has 0 aliphatic carbocycles. The molecule has 0 saturated carbocycles. The van der Waals surface area contributed by atoms with E-state index in [0.29, 0.717) is 26.5 Å². The molecule has 1 heterocycles. The standard InChI is InChI=1S/C16H20Cl2FN5S/c1-23(2)8-4-7-20-16(25)21-15-13(18)10-24(22-15)9-11-12(17)5-3-6-14(11)19/h3,5-6,10H,4,7-9H2,1-2H3,(H2,20,21,22,25). The number of halogens is 3. The van der Waals surface area contributed by atoms with Gasteiger partial charge in [-0.1, -0.05) is 29.3 Å². The van der Waals surface area contributed by atoms with Crippen molar-refractivity contribution in [3.05, 3.63) is 45.8 Å². The number of aromatic nitrogens is 2. The van der Waals surface area contributed by atoms with E-state index in [1.165, 1.54) is 10.7 Å². The molecule has 0 atom stereocenters. The summed E-state index contributed by atoms with van der Waals surface area (Å²) in [5.41, 5.74) is 0.360. The fraction of sp³-hybridized carbons (Fsp3) is 0.375. The van der Waals surface area contributed by atoms with Crippen LogP contribution >= 0.6 is 35.4 Å². The Balaban J connectivity index is 1.94. The first-order valence-corrected chi connectivity index (χ1v) is 8.88. The minimum absolute atomic E-state index is 0.177. The Labute approximate surface area is 162 Å². The van der Waals surface area contributed by atoms with Crippen LogP contribution < -0.4 is 10.6 Å². The van der Waals surface area contributed by atoms with Crippen molar-refractivity contribution < 1.29 is 4.39 Å². The van der Waals surface area contributed by atoms with E-state index in [2.05, 4.69) is 20.6 Å². The summed E-state index contributed by atoms with van der Waals surface area (Å²) in [6.45, 7) is 1.89. The normalized spacial score (nSPS) is 11.0. The van der Waals surface area contributed by atoms with Crippen LogP contribution in [0, 0.1) is 5.82 Å². The molecule has 0 unspecified atom stereocenters. The highest BCUT2D eigenvalue weighted by molar-refractivity contribution is 7.80. The minimum Gasteiger partial charge on any atom is -0.362 e. The maximum absolute atomic E-state index is 13.9. The van der Waals surface area contributed by atoms with Gasteiger partial charge in [-0.15, -0.1) is 0 Å². The molecule has 5 nitrogen and oxygen atoms in total. The van der Waals surface area contributed by atoms with Crippen LogP contribution in [-0.2, 0) is 6.54 Å². The van der Waals surface area contributed by atoms with Crippen LogP contribution in [0.3, 0.4) is 0 Å². The van der Waals surface area contributed by atoms with Gasteiger partial charge in [-0.3, -0.25) is 4.68 Å². The van der Waals surface area contributed by atoms with Gasteiger partial charge in [-0.2, -0.15) is 5.10 Å². The molecule has 0 amide bonds. The average Bonchev–Trinajstić information content (AvgIpc) is 2.87. The van der Waals surface area contributed by atoms with Gasteiger partial charge in [-0.05, 0) is 51.4 Å². The van der Waals surface area contributed by atoms with E-state index in [4.69, 9.17) is 35.4 Å². The van der Waals surface area contributed by atoms with Crippen LogP contribution in [0.1, 0.15) is 12.0 Å². The number of anilines is 1. The van der Waals surface area contributed by atoms with Gasteiger partial charge in [0, 0.05) is 23.3 Å². The zero-order valence-electron chi connectivity index (χ0n) is 14.0. The molecule has 0 bridgehead atoms. The molecular formula is C16H20Cl2FN5S. The van der Waals surface area contributed by atoms with Gasteiger partial charge in [0.2, 0.25) is 0 Å². The van der Waals surface area contributed by atoms with Crippen molar-refractivity contribution in [3.63, 3.8) is 0 Å². The van der Waals surface area contributed by atoms with Crippen molar-refractivity contribution in [1.29, 1.82) is 0 Å². The van der Waals surface area contributed by atoms with Crippen LogP contribution in [0.4, 0.5) is 10.2 Å². The van der Waals surface area contributed by atoms with Gasteiger partial charge >= 0.3 is 0 Å². The first-order chi connectivity index (χ1) is 11.9. The SMILES string of the molecule is CN(C)CCCNC(=S)Nc1nn(Cc2c(F)cccc2Cl)cc1Cl. The molecule has 0 radical (unpaired) electrons. The third kappa shape index (κ3) is 6.11. The maximum Gasteiger partial charge on any atom is 0.173 e. The lowest BCUT2D eigenvalue weighted by Gasteiger charge is -2.11. The van der Waals surface area contributed by atoms with E-state index in [1.54, 1.807) is 18.3 Å². The fourth-order valence-electron chi connectivity index (χ4n) is 2.16. The largest absolute Gasteiger partial charge is 0.362 e. The summed E-state index contributed by atoms with van der Waals surface area (Å²) in [6.07, 6.45) is 2.56. The highest BCUT2D eigenvalue weighted by atomic mass is 35.5. The average molecular weight is 404 g/mol. The van der Waals surface area contributed by atoms with Crippen LogP contribution in [0.2, 0.25) is 10.0 Å². The smallest absolute Gasteiger partial charge is 0.173 e. The number of rotatable bonds is 7. The molecular weight excluding hydrogens is 384 g/mol. The monoisotopic (exact) mass is 403 g/mol. The van der Waals surface area contributed by atoms with Crippen molar-refractivity contribution in [3.8, 4) is 0 Å². The lowest BCUT2D eigenvalue weighted by atomic mass is 10.2. The highest BCUT2D eigenvalue weighted by Gasteiger charge is 2.12. The first-order valence-electron chi connectivity index (χ1n) is 7.72. The summed E-state index contributed by atoms with van der Waals surface area (Å²) in [5.74, 6) is 0.0333. The number of hydrogen-bond donors (Lipinski definition) is 2. The number of nitrogens with zero attached hydrogens (tertiary/aromatic N) is 3. The third-order valence-corrected chi connectivity index (χ3v) is 4.28. The van der Waals surface area contributed by atoms with Crippen molar-refractivity contribution >= 4 is 46.4 Å². The Bertz CT molecular complexity index is 715. The lowest BCUT2D eigenvalue weighted by molar-refractivity contribution is 0.400. The summed E-state index contributed by atoms with van der Waals surface area (Å²) in [4.78, 5) is 2.10. The van der Waals surface area contributed by atoms with Crippen LogP contribution in [0.15, 0.2) is 24.4 Å². The molecule has 0 saturated heterocycles. The Hall–Kier alpha value is -1.41. The summed E-state index contributed by atoms with van der Waals surface area (Å²) in [7, 11) is 4.04. The van der Waals surface area contributed by atoms with Crippen LogP contribution in [0.25, 0.3) is 0 Å². The molecule has 9 heteroatoms. The number of benzene rings is 1. The molecule has 25 heavy (non-hydrogen) atoms. The summed E-state index contributed by atoms with van der Waals surface area (Å²) in [5, 5.41) is 11.5. The zero-order valence-corrected chi connectivity index (χ0v) is 16.3. The second kappa shape index (κ2) is 9.33. The first kappa shape index (κ1) is 19.9. The summed E-state index contributed by atoms with van der Waals surface area (Å²) in [6, 6.07) is 4.56. The number of thiocarbonyl (C=S) groups is 1. The molecule has 2 aromatic rings. The van der Waals surface area contributed by atoms with Gasteiger partial charge in [-0.25, -0.2) is 4.39 Å². The summed E-state index contributed by atoms with van der Waals surface area (Å²) >= 11 is 17.4. The zero-order chi connectivity index (χ0) is 18.4. The lowest BCUT2D eigenvalue weighted by Crippen LogP contribution is -2.31.